The largest absolute Gasteiger partial charge is 0.495 e. The normalized spacial score (nSPS) is 16.6. The minimum absolute atomic E-state index is 0.00901. The molecule has 2 aromatic carbocycles. The summed E-state index contributed by atoms with van der Waals surface area (Å²) in [5.41, 5.74) is 2.25. The second-order valence-corrected chi connectivity index (χ2v) is 6.31. The number of nitrogens with one attached hydrogen (secondary N) is 1. The molecule has 1 saturated carbocycles. The monoisotopic (exact) mass is 325 g/mol. The van der Waals surface area contributed by atoms with Crippen LogP contribution in [0.15, 0.2) is 36.4 Å². The van der Waals surface area contributed by atoms with Crippen LogP contribution in [-0.2, 0) is 10.2 Å². The molecule has 0 bridgehead atoms. The van der Waals surface area contributed by atoms with E-state index in [1.807, 2.05) is 43.3 Å². The van der Waals surface area contributed by atoms with Crippen LogP contribution in [0.5, 0.6) is 17.2 Å². The van der Waals surface area contributed by atoms with Crippen LogP contribution in [0.25, 0.3) is 0 Å². The number of ether oxygens (including phenoxy) is 3. The first-order chi connectivity index (χ1) is 11.6. The Bertz CT molecular complexity index is 811. The molecule has 5 nitrogen and oxygen atoms in total. The lowest BCUT2D eigenvalue weighted by molar-refractivity contribution is -0.118. The van der Waals surface area contributed by atoms with E-state index in [0.717, 1.165) is 29.7 Å². The Labute approximate surface area is 140 Å². The number of anilines is 1. The number of carbonyl (C=O) groups excluding carboxylic acids is 1. The molecule has 1 aliphatic heterocycles. The highest BCUT2D eigenvalue weighted by Crippen LogP contribution is 2.51. The lowest BCUT2D eigenvalue weighted by Crippen LogP contribution is -2.28. The Kier molecular flexibility index (Phi) is 3.37. The second kappa shape index (κ2) is 5.44. The molecule has 0 spiro atoms. The number of amides is 1. The van der Waals surface area contributed by atoms with Gasteiger partial charge in [0.25, 0.3) is 0 Å². The topological polar surface area (TPSA) is 56.8 Å². The van der Waals surface area contributed by atoms with Gasteiger partial charge < -0.3 is 19.5 Å². The molecule has 0 aromatic heterocycles. The summed E-state index contributed by atoms with van der Waals surface area (Å²) in [4.78, 5) is 12.9. The van der Waals surface area contributed by atoms with Gasteiger partial charge in [0.1, 0.15) is 5.75 Å². The number of hydrogen-bond donors (Lipinski definition) is 1. The van der Waals surface area contributed by atoms with Crippen molar-refractivity contribution in [3.8, 4) is 17.2 Å². The maximum atomic E-state index is 12.9. The van der Waals surface area contributed by atoms with E-state index in [1.54, 1.807) is 7.11 Å². The molecule has 5 heteroatoms. The molecule has 0 unspecified atom stereocenters. The van der Waals surface area contributed by atoms with E-state index in [2.05, 4.69) is 5.32 Å². The van der Waals surface area contributed by atoms with Gasteiger partial charge in [-0.1, -0.05) is 12.1 Å². The highest BCUT2D eigenvalue weighted by molar-refractivity contribution is 6.02. The first-order valence-electron chi connectivity index (χ1n) is 7.99. The van der Waals surface area contributed by atoms with Gasteiger partial charge in [-0.3, -0.25) is 4.79 Å². The SMILES string of the molecule is COc1ccc(C)cc1NC(=O)C1(c2ccc3c(c2)OCO3)CC1. The van der Waals surface area contributed by atoms with Crippen LogP contribution in [0.4, 0.5) is 5.69 Å². The maximum absolute atomic E-state index is 12.9. The molecule has 0 radical (unpaired) electrons. The molecule has 24 heavy (non-hydrogen) atoms. The molecule has 4 rings (SSSR count). The van der Waals surface area contributed by atoms with Crippen LogP contribution in [0.2, 0.25) is 0 Å². The minimum atomic E-state index is -0.490. The number of aryl methyl sites for hydroxylation is 1. The first kappa shape index (κ1) is 14.9. The number of carbonyl (C=O) groups is 1. The van der Waals surface area contributed by atoms with E-state index in [9.17, 15) is 4.79 Å². The lowest BCUT2D eigenvalue weighted by Gasteiger charge is -2.18. The molecule has 1 fully saturated rings. The van der Waals surface area contributed by atoms with Gasteiger partial charge in [0.05, 0.1) is 18.2 Å². The van der Waals surface area contributed by atoms with Gasteiger partial charge in [-0.05, 0) is 55.2 Å². The zero-order valence-electron chi connectivity index (χ0n) is 13.7. The van der Waals surface area contributed by atoms with Gasteiger partial charge in [-0.15, -0.1) is 0 Å². The Balaban J connectivity index is 1.61. The Morgan fingerprint density at radius 3 is 2.67 bits per heavy atom. The fraction of sp³-hybridized carbons (Fsp3) is 0.316. The van der Waals surface area contributed by atoms with Crippen LogP contribution < -0.4 is 19.5 Å². The summed E-state index contributed by atoms with van der Waals surface area (Å²) in [6, 6.07) is 11.5. The Morgan fingerprint density at radius 2 is 1.92 bits per heavy atom. The van der Waals surface area contributed by atoms with Crippen molar-refractivity contribution in [2.24, 2.45) is 0 Å². The van der Waals surface area contributed by atoms with E-state index >= 15 is 0 Å². The standard InChI is InChI=1S/C19H19NO4/c1-12-3-5-15(22-2)14(9-12)20-18(21)19(7-8-19)13-4-6-16-17(10-13)24-11-23-16/h3-6,9-10H,7-8,11H2,1-2H3,(H,20,21). The lowest BCUT2D eigenvalue weighted by atomic mass is 9.94. The third-order valence-corrected chi connectivity index (χ3v) is 4.71. The summed E-state index contributed by atoms with van der Waals surface area (Å²) < 4.78 is 16.1. The average molecular weight is 325 g/mol. The van der Waals surface area contributed by atoms with Crippen molar-refractivity contribution >= 4 is 11.6 Å². The van der Waals surface area contributed by atoms with Gasteiger partial charge in [-0.2, -0.15) is 0 Å². The molecule has 2 aliphatic rings. The highest BCUT2D eigenvalue weighted by Gasteiger charge is 2.51. The number of rotatable bonds is 4. The van der Waals surface area contributed by atoms with Crippen molar-refractivity contribution in [2.75, 3.05) is 19.2 Å². The van der Waals surface area contributed by atoms with Gasteiger partial charge in [0, 0.05) is 0 Å². The van der Waals surface area contributed by atoms with Gasteiger partial charge >= 0.3 is 0 Å². The third kappa shape index (κ3) is 2.37. The van der Waals surface area contributed by atoms with E-state index in [1.165, 1.54) is 0 Å². The number of benzene rings is 2. The van der Waals surface area contributed by atoms with E-state index in [4.69, 9.17) is 14.2 Å². The summed E-state index contributed by atoms with van der Waals surface area (Å²) in [5, 5.41) is 3.04. The molecular formula is C19H19NO4. The molecule has 1 N–H and O–H groups in total. The van der Waals surface area contributed by atoms with Crippen LogP contribution >= 0.6 is 0 Å². The minimum Gasteiger partial charge on any atom is -0.495 e. The van der Waals surface area contributed by atoms with Crippen LogP contribution in [-0.4, -0.2) is 19.8 Å². The van der Waals surface area contributed by atoms with Crippen LogP contribution in [0.3, 0.4) is 0 Å². The summed E-state index contributed by atoms with van der Waals surface area (Å²) in [5.74, 6) is 2.09. The van der Waals surface area contributed by atoms with Gasteiger partial charge in [-0.25, -0.2) is 0 Å². The number of methoxy groups -OCH3 is 1. The first-order valence-corrected chi connectivity index (χ1v) is 7.99. The molecule has 1 amide bonds. The Morgan fingerprint density at radius 1 is 1.12 bits per heavy atom. The average Bonchev–Trinajstić information content (AvgIpc) is 3.26. The molecule has 0 saturated heterocycles. The molecule has 0 atom stereocenters. The quantitative estimate of drug-likeness (QED) is 0.936. The van der Waals surface area contributed by atoms with Crippen molar-refractivity contribution in [1.82, 2.24) is 0 Å². The fourth-order valence-corrected chi connectivity index (χ4v) is 3.13. The Hall–Kier alpha value is -2.69. The third-order valence-electron chi connectivity index (χ3n) is 4.71. The van der Waals surface area contributed by atoms with Crippen molar-refractivity contribution in [3.63, 3.8) is 0 Å². The predicted octanol–water partition coefficient (Wildman–Crippen LogP) is 3.40. The predicted molar refractivity (Wildman–Crippen MR) is 89.8 cm³/mol. The van der Waals surface area contributed by atoms with Crippen LogP contribution in [0.1, 0.15) is 24.0 Å². The molecular weight excluding hydrogens is 306 g/mol. The van der Waals surface area contributed by atoms with Crippen molar-refractivity contribution in [2.45, 2.75) is 25.2 Å². The van der Waals surface area contributed by atoms with Gasteiger partial charge in [0.15, 0.2) is 11.5 Å². The summed E-state index contributed by atoms with van der Waals surface area (Å²) in [6.07, 6.45) is 1.65. The molecule has 124 valence electrons. The number of hydrogen-bond acceptors (Lipinski definition) is 4. The summed E-state index contributed by atoms with van der Waals surface area (Å²) in [7, 11) is 1.60. The van der Waals surface area contributed by atoms with E-state index in [-0.39, 0.29) is 12.7 Å². The maximum Gasteiger partial charge on any atom is 0.235 e. The van der Waals surface area contributed by atoms with Crippen LogP contribution in [0, 0.1) is 6.92 Å². The summed E-state index contributed by atoms with van der Waals surface area (Å²) in [6.45, 7) is 2.22. The summed E-state index contributed by atoms with van der Waals surface area (Å²) >= 11 is 0. The van der Waals surface area contributed by atoms with Crippen molar-refractivity contribution in [1.29, 1.82) is 0 Å². The fourth-order valence-electron chi connectivity index (χ4n) is 3.13. The van der Waals surface area contributed by atoms with E-state index < -0.39 is 5.41 Å². The smallest absolute Gasteiger partial charge is 0.235 e. The zero-order chi connectivity index (χ0) is 16.7. The highest BCUT2D eigenvalue weighted by atomic mass is 16.7. The molecule has 2 aromatic rings. The molecule has 1 heterocycles. The second-order valence-electron chi connectivity index (χ2n) is 6.31. The molecule has 1 aliphatic carbocycles. The van der Waals surface area contributed by atoms with Gasteiger partial charge in [0.2, 0.25) is 12.7 Å². The van der Waals surface area contributed by atoms with E-state index in [0.29, 0.717) is 17.2 Å². The van der Waals surface area contributed by atoms with Crippen molar-refractivity contribution in [3.05, 3.63) is 47.5 Å². The van der Waals surface area contributed by atoms with Crippen molar-refractivity contribution < 1.29 is 19.0 Å². The zero-order valence-corrected chi connectivity index (χ0v) is 13.7. The number of fused-ring (bicyclic) bond motifs is 1.